The van der Waals surface area contributed by atoms with E-state index in [4.69, 9.17) is 4.74 Å². The van der Waals surface area contributed by atoms with E-state index in [1.54, 1.807) is 13.0 Å². The van der Waals surface area contributed by atoms with Gasteiger partial charge in [-0.15, -0.1) is 0 Å². The molecule has 0 heterocycles. The van der Waals surface area contributed by atoms with Crippen molar-refractivity contribution in [3.05, 3.63) is 42.2 Å². The van der Waals surface area contributed by atoms with Crippen molar-refractivity contribution in [2.24, 2.45) is 0 Å². The van der Waals surface area contributed by atoms with Crippen LogP contribution in [0.4, 0.5) is 4.39 Å². The van der Waals surface area contributed by atoms with Crippen LogP contribution in [0.1, 0.15) is 5.56 Å². The zero-order valence-electron chi connectivity index (χ0n) is 7.21. The number of carbonyl (C=O) groups is 1. The van der Waals surface area contributed by atoms with Crippen LogP contribution in [0.5, 0.6) is 5.75 Å². The van der Waals surface area contributed by atoms with E-state index < -0.39 is 11.8 Å². The molecule has 0 atom stereocenters. The molecule has 1 aromatic carbocycles. The van der Waals surface area contributed by atoms with E-state index in [0.29, 0.717) is 5.56 Å². The fraction of sp³-hybridized carbons (Fsp3) is 0.100. The minimum absolute atomic E-state index is 0.188. The third kappa shape index (κ3) is 2.40. The molecule has 0 spiro atoms. The Hall–Kier alpha value is -1.64. The summed E-state index contributed by atoms with van der Waals surface area (Å²) in [7, 11) is 0. The first kappa shape index (κ1) is 9.45. The number of hydrogen-bond acceptors (Lipinski definition) is 2. The van der Waals surface area contributed by atoms with E-state index >= 15 is 0 Å². The molecule has 0 aliphatic rings. The highest BCUT2D eigenvalue weighted by molar-refractivity contribution is 5.83. The van der Waals surface area contributed by atoms with Gasteiger partial charge in [0.15, 0.2) is 0 Å². The number of benzene rings is 1. The van der Waals surface area contributed by atoms with E-state index in [2.05, 4.69) is 6.58 Å². The molecule has 0 fully saturated rings. The van der Waals surface area contributed by atoms with Crippen LogP contribution in [-0.4, -0.2) is 5.97 Å². The minimum atomic E-state index is -0.594. The summed E-state index contributed by atoms with van der Waals surface area (Å²) in [4.78, 5) is 10.7. The average molecular weight is 180 g/mol. The Bertz CT molecular complexity index is 345. The van der Waals surface area contributed by atoms with Crippen molar-refractivity contribution in [1.29, 1.82) is 0 Å². The first-order valence-corrected chi connectivity index (χ1v) is 3.74. The second kappa shape index (κ2) is 3.85. The molecule has 0 amide bonds. The van der Waals surface area contributed by atoms with Gasteiger partial charge in [0.2, 0.25) is 0 Å². The maximum atomic E-state index is 12.9. The van der Waals surface area contributed by atoms with Gasteiger partial charge in [0, 0.05) is 12.1 Å². The third-order valence-corrected chi connectivity index (χ3v) is 1.53. The van der Waals surface area contributed by atoms with Crippen molar-refractivity contribution in [3.8, 4) is 5.75 Å². The zero-order valence-corrected chi connectivity index (χ0v) is 7.21. The topological polar surface area (TPSA) is 26.3 Å². The highest BCUT2D eigenvalue weighted by Crippen LogP contribution is 2.15. The first-order valence-electron chi connectivity index (χ1n) is 3.74. The lowest BCUT2D eigenvalue weighted by Gasteiger charge is -2.01. The third-order valence-electron chi connectivity index (χ3n) is 1.53. The van der Waals surface area contributed by atoms with Crippen molar-refractivity contribution in [2.45, 2.75) is 6.92 Å². The molecule has 0 unspecified atom stereocenters. The predicted octanol–water partition coefficient (Wildman–Crippen LogP) is 2.23. The van der Waals surface area contributed by atoms with Crippen LogP contribution in [0.3, 0.4) is 0 Å². The number of hydrogen-bond donors (Lipinski definition) is 0. The zero-order chi connectivity index (χ0) is 9.84. The molecular weight excluding hydrogens is 171 g/mol. The fourth-order valence-electron chi connectivity index (χ4n) is 0.795. The summed E-state index contributed by atoms with van der Waals surface area (Å²) >= 11 is 0. The summed E-state index contributed by atoms with van der Waals surface area (Å²) in [6.45, 7) is 4.86. The highest BCUT2D eigenvalue weighted by Gasteiger charge is 2.02. The van der Waals surface area contributed by atoms with Gasteiger partial charge < -0.3 is 4.74 Å². The summed E-state index contributed by atoms with van der Waals surface area (Å²) < 4.78 is 17.6. The van der Waals surface area contributed by atoms with Gasteiger partial charge in [0.05, 0.1) is 0 Å². The van der Waals surface area contributed by atoms with Crippen LogP contribution in [-0.2, 0) is 4.79 Å². The summed E-state index contributed by atoms with van der Waals surface area (Å²) in [5.41, 5.74) is 0.512. The van der Waals surface area contributed by atoms with E-state index in [1.165, 1.54) is 6.07 Å². The van der Waals surface area contributed by atoms with E-state index in [1.807, 2.05) is 0 Å². The number of carbonyl (C=O) groups excluding carboxylic acids is 1. The van der Waals surface area contributed by atoms with E-state index in [9.17, 15) is 9.18 Å². The molecule has 3 heteroatoms. The predicted molar refractivity (Wildman–Crippen MR) is 47.0 cm³/mol. The van der Waals surface area contributed by atoms with E-state index in [0.717, 1.165) is 12.1 Å². The highest BCUT2D eigenvalue weighted by atomic mass is 19.1. The molecule has 1 aromatic rings. The molecule has 0 aliphatic carbocycles. The maximum absolute atomic E-state index is 12.9. The van der Waals surface area contributed by atoms with Crippen molar-refractivity contribution in [2.75, 3.05) is 0 Å². The Balaban J connectivity index is 2.85. The number of aryl methyl sites for hydroxylation is 1. The molecule has 0 aromatic heterocycles. The Kier molecular flexibility index (Phi) is 2.80. The van der Waals surface area contributed by atoms with Crippen molar-refractivity contribution >= 4 is 5.97 Å². The smallest absolute Gasteiger partial charge is 0.335 e. The van der Waals surface area contributed by atoms with Crippen LogP contribution >= 0.6 is 0 Å². The molecular formula is C10H9FO2. The number of esters is 1. The number of halogens is 1. The summed E-state index contributed by atoms with van der Waals surface area (Å²) in [5, 5.41) is 0. The quantitative estimate of drug-likeness (QED) is 0.396. The lowest BCUT2D eigenvalue weighted by molar-refractivity contribution is -0.128. The normalized spacial score (nSPS) is 9.38. The van der Waals surface area contributed by atoms with Crippen LogP contribution in [0, 0.1) is 12.7 Å². The fourth-order valence-corrected chi connectivity index (χ4v) is 0.795. The number of ether oxygens (including phenoxy) is 1. The van der Waals surface area contributed by atoms with Gasteiger partial charge in [-0.3, -0.25) is 0 Å². The van der Waals surface area contributed by atoms with Gasteiger partial charge in [-0.2, -0.15) is 0 Å². The molecule has 0 radical (unpaired) electrons. The Morgan fingerprint density at radius 2 is 2.31 bits per heavy atom. The summed E-state index contributed by atoms with van der Waals surface area (Å²) in [6.07, 6.45) is 1.03. The Labute approximate surface area is 75.6 Å². The van der Waals surface area contributed by atoms with Crippen molar-refractivity contribution in [3.63, 3.8) is 0 Å². The molecule has 1 rings (SSSR count). The molecule has 13 heavy (non-hydrogen) atoms. The summed E-state index contributed by atoms with van der Waals surface area (Å²) in [6, 6.07) is 4.23. The Morgan fingerprint density at radius 1 is 1.62 bits per heavy atom. The van der Waals surface area contributed by atoms with Gasteiger partial charge in [-0.05, 0) is 18.6 Å². The average Bonchev–Trinajstić information content (AvgIpc) is 2.11. The largest absolute Gasteiger partial charge is 0.423 e. The van der Waals surface area contributed by atoms with Crippen LogP contribution in [0.15, 0.2) is 30.9 Å². The molecule has 2 nitrogen and oxygen atoms in total. The Morgan fingerprint density at radius 3 is 2.85 bits per heavy atom. The van der Waals surface area contributed by atoms with E-state index in [-0.39, 0.29) is 5.75 Å². The van der Waals surface area contributed by atoms with Gasteiger partial charge in [-0.25, -0.2) is 9.18 Å². The van der Waals surface area contributed by atoms with Crippen LogP contribution in [0.2, 0.25) is 0 Å². The van der Waals surface area contributed by atoms with Gasteiger partial charge in [0.25, 0.3) is 0 Å². The number of rotatable bonds is 2. The molecule has 68 valence electrons. The van der Waals surface area contributed by atoms with Crippen molar-refractivity contribution in [1.82, 2.24) is 0 Å². The monoisotopic (exact) mass is 180 g/mol. The SMILES string of the molecule is C=CC(=O)Oc1ccc(C)c(F)c1. The standard InChI is InChI=1S/C10H9FO2/c1-3-10(12)13-8-5-4-7(2)9(11)6-8/h3-6H,1H2,2H3. The molecule has 0 saturated heterocycles. The van der Waals surface area contributed by atoms with Gasteiger partial charge in [-0.1, -0.05) is 12.6 Å². The van der Waals surface area contributed by atoms with Crippen LogP contribution < -0.4 is 4.74 Å². The molecule has 0 N–H and O–H groups in total. The maximum Gasteiger partial charge on any atom is 0.335 e. The second-order valence-electron chi connectivity index (χ2n) is 2.54. The lowest BCUT2D eigenvalue weighted by atomic mass is 10.2. The molecule has 0 bridgehead atoms. The summed E-state index contributed by atoms with van der Waals surface area (Å²) in [5.74, 6) is -0.800. The second-order valence-corrected chi connectivity index (χ2v) is 2.54. The molecule has 0 saturated carbocycles. The van der Waals surface area contributed by atoms with Crippen molar-refractivity contribution < 1.29 is 13.9 Å². The first-order chi connectivity index (χ1) is 6.13. The van der Waals surface area contributed by atoms with Gasteiger partial charge in [0.1, 0.15) is 11.6 Å². The van der Waals surface area contributed by atoms with Crippen LogP contribution in [0.25, 0.3) is 0 Å². The van der Waals surface area contributed by atoms with Gasteiger partial charge >= 0.3 is 5.97 Å². The molecule has 0 aliphatic heterocycles. The minimum Gasteiger partial charge on any atom is -0.423 e. The lowest BCUT2D eigenvalue weighted by Crippen LogP contribution is -2.03.